The van der Waals surface area contributed by atoms with Gasteiger partial charge in [0.05, 0.1) is 12.1 Å². The van der Waals surface area contributed by atoms with E-state index in [9.17, 15) is 14.7 Å². The van der Waals surface area contributed by atoms with Crippen molar-refractivity contribution in [2.75, 3.05) is 6.54 Å². The molecule has 0 aliphatic rings. The number of carboxylic acid groups (broad SMARTS) is 1. The molecule has 1 unspecified atom stereocenters. The second-order valence-corrected chi connectivity index (χ2v) is 6.29. The molecule has 0 saturated heterocycles. The maximum absolute atomic E-state index is 12.3. The fraction of sp³-hybridized carbons (Fsp3) is 0.294. The average molecular weight is 351 g/mol. The van der Waals surface area contributed by atoms with Crippen molar-refractivity contribution in [3.8, 4) is 5.69 Å². The molecule has 0 saturated carbocycles. The summed E-state index contributed by atoms with van der Waals surface area (Å²) in [6.45, 7) is 4.41. The van der Waals surface area contributed by atoms with Crippen LogP contribution in [0, 0.1) is 13.8 Å². The van der Waals surface area contributed by atoms with Crippen molar-refractivity contribution in [3.05, 3.63) is 52.3 Å². The van der Waals surface area contributed by atoms with Crippen molar-refractivity contribution in [2.24, 2.45) is 0 Å². The molecule has 2 rings (SSSR count). The van der Waals surface area contributed by atoms with Gasteiger partial charge in [-0.25, -0.2) is 4.79 Å². The maximum Gasteiger partial charge on any atom is 0.337 e. The molecule has 1 amide bonds. The first-order valence-electron chi connectivity index (χ1n) is 7.32. The van der Waals surface area contributed by atoms with Gasteiger partial charge in [-0.2, -0.15) is 0 Å². The molecule has 2 aromatic rings. The Balaban J connectivity index is 2.26. The van der Waals surface area contributed by atoms with Crippen LogP contribution in [-0.4, -0.2) is 38.8 Å². The number of halogens is 1. The highest BCUT2D eigenvalue weighted by molar-refractivity contribution is 6.30. The molecule has 1 heterocycles. The third-order valence-electron chi connectivity index (χ3n) is 3.81. The lowest BCUT2D eigenvalue weighted by Crippen LogP contribution is -2.46. The first-order valence-corrected chi connectivity index (χ1v) is 7.70. The zero-order chi connectivity index (χ0) is 18.1. The number of aryl methyl sites for hydroxylation is 1. The van der Waals surface area contributed by atoms with Crippen LogP contribution in [0.15, 0.2) is 30.3 Å². The third-order valence-corrected chi connectivity index (χ3v) is 4.07. The van der Waals surface area contributed by atoms with Crippen LogP contribution >= 0.6 is 11.6 Å². The van der Waals surface area contributed by atoms with Gasteiger partial charge in [0.1, 0.15) is 0 Å². The number of aromatic nitrogens is 1. The summed E-state index contributed by atoms with van der Waals surface area (Å²) in [4.78, 5) is 23.2. The fourth-order valence-corrected chi connectivity index (χ4v) is 2.53. The van der Waals surface area contributed by atoms with Crippen molar-refractivity contribution in [1.82, 2.24) is 9.88 Å². The van der Waals surface area contributed by atoms with Gasteiger partial charge in [-0.3, -0.25) is 4.79 Å². The second-order valence-electron chi connectivity index (χ2n) is 5.86. The Morgan fingerprint density at radius 2 is 1.83 bits per heavy atom. The van der Waals surface area contributed by atoms with Gasteiger partial charge in [0.2, 0.25) is 0 Å². The zero-order valence-electron chi connectivity index (χ0n) is 13.6. The molecule has 1 atom stereocenters. The van der Waals surface area contributed by atoms with Crippen LogP contribution in [0.4, 0.5) is 0 Å². The summed E-state index contributed by atoms with van der Waals surface area (Å²) in [5.74, 6) is -1.83. The maximum atomic E-state index is 12.3. The van der Waals surface area contributed by atoms with Gasteiger partial charge in [0.25, 0.3) is 5.91 Å². The molecular weight excluding hydrogens is 332 g/mol. The largest absolute Gasteiger partial charge is 0.479 e. The second kappa shape index (κ2) is 6.67. The molecule has 0 aliphatic heterocycles. The van der Waals surface area contributed by atoms with Crippen molar-refractivity contribution in [3.63, 3.8) is 0 Å². The number of aliphatic carboxylic acids is 1. The Morgan fingerprint density at radius 3 is 2.38 bits per heavy atom. The molecule has 0 aliphatic carbocycles. The molecule has 3 N–H and O–H groups in total. The molecule has 0 spiro atoms. The number of carbonyl (C=O) groups is 2. The Morgan fingerprint density at radius 1 is 1.25 bits per heavy atom. The van der Waals surface area contributed by atoms with Crippen LogP contribution in [-0.2, 0) is 4.79 Å². The minimum absolute atomic E-state index is 0.383. The summed E-state index contributed by atoms with van der Waals surface area (Å²) in [5, 5.41) is 21.6. The smallest absolute Gasteiger partial charge is 0.337 e. The highest BCUT2D eigenvalue weighted by Gasteiger charge is 2.30. The number of hydrogen-bond donors (Lipinski definition) is 3. The summed E-state index contributed by atoms with van der Waals surface area (Å²) >= 11 is 5.90. The van der Waals surface area contributed by atoms with Gasteiger partial charge < -0.3 is 20.1 Å². The highest BCUT2D eigenvalue weighted by atomic mass is 35.5. The standard InChI is InChI=1S/C17H19ClN2O4/c1-10-8-14(15(21)19-9-17(3,24)16(22)23)11(2)20(10)13-6-4-12(18)5-7-13/h4-8,24H,9H2,1-3H3,(H,19,21)(H,22,23). The number of aliphatic hydroxyl groups is 1. The molecule has 1 aromatic heterocycles. The molecule has 1 aromatic carbocycles. The minimum Gasteiger partial charge on any atom is -0.479 e. The normalized spacial score (nSPS) is 13.4. The van der Waals surface area contributed by atoms with E-state index in [4.69, 9.17) is 16.7 Å². The van der Waals surface area contributed by atoms with E-state index in [0.717, 1.165) is 18.3 Å². The lowest BCUT2D eigenvalue weighted by atomic mass is 10.1. The molecule has 7 heteroatoms. The van der Waals surface area contributed by atoms with Gasteiger partial charge in [-0.15, -0.1) is 0 Å². The molecular formula is C17H19ClN2O4. The molecule has 0 fully saturated rings. The summed E-state index contributed by atoms with van der Waals surface area (Å²) < 4.78 is 1.90. The Kier molecular flexibility index (Phi) is 5.01. The lowest BCUT2D eigenvalue weighted by Gasteiger charge is -2.18. The van der Waals surface area contributed by atoms with Crippen molar-refractivity contribution < 1.29 is 19.8 Å². The van der Waals surface area contributed by atoms with E-state index in [2.05, 4.69) is 5.32 Å². The number of amides is 1. The van der Waals surface area contributed by atoms with E-state index in [0.29, 0.717) is 16.3 Å². The van der Waals surface area contributed by atoms with Crippen molar-refractivity contribution in [1.29, 1.82) is 0 Å². The number of carbonyl (C=O) groups excluding carboxylic acids is 1. The molecule has 128 valence electrons. The van der Waals surface area contributed by atoms with E-state index in [-0.39, 0.29) is 6.54 Å². The number of nitrogens with one attached hydrogen (secondary N) is 1. The van der Waals surface area contributed by atoms with Crippen molar-refractivity contribution in [2.45, 2.75) is 26.4 Å². The minimum atomic E-state index is -2.02. The van der Waals surface area contributed by atoms with Crippen molar-refractivity contribution >= 4 is 23.5 Å². The van der Waals surface area contributed by atoms with Gasteiger partial charge >= 0.3 is 5.97 Å². The molecule has 0 bridgehead atoms. The van der Waals surface area contributed by atoms with E-state index in [1.165, 1.54) is 0 Å². The van der Waals surface area contributed by atoms with Gasteiger partial charge in [0.15, 0.2) is 5.60 Å². The van der Waals surface area contributed by atoms with Crippen LogP contribution in [0.25, 0.3) is 5.69 Å². The van der Waals surface area contributed by atoms with Crippen LogP contribution < -0.4 is 5.32 Å². The first kappa shape index (κ1) is 18.0. The average Bonchev–Trinajstić information content (AvgIpc) is 2.81. The van der Waals surface area contributed by atoms with Crippen LogP contribution in [0.5, 0.6) is 0 Å². The summed E-state index contributed by atoms with van der Waals surface area (Å²) in [6.07, 6.45) is 0. The van der Waals surface area contributed by atoms with Crippen LogP contribution in [0.3, 0.4) is 0 Å². The summed E-state index contributed by atoms with van der Waals surface area (Å²) in [6, 6.07) is 8.94. The number of nitrogens with zero attached hydrogens (tertiary/aromatic N) is 1. The van der Waals surface area contributed by atoms with E-state index in [1.54, 1.807) is 25.1 Å². The fourth-order valence-electron chi connectivity index (χ4n) is 2.40. The highest BCUT2D eigenvalue weighted by Crippen LogP contribution is 2.22. The molecule has 6 nitrogen and oxygen atoms in total. The first-order chi connectivity index (χ1) is 11.1. The number of carboxylic acids is 1. The summed E-state index contributed by atoms with van der Waals surface area (Å²) in [5.41, 5.74) is 0.832. The van der Waals surface area contributed by atoms with Crippen LogP contribution in [0.2, 0.25) is 5.02 Å². The van der Waals surface area contributed by atoms with Crippen LogP contribution in [0.1, 0.15) is 28.7 Å². The Bertz CT molecular complexity index is 779. The topological polar surface area (TPSA) is 91.6 Å². The third kappa shape index (κ3) is 3.60. The number of benzene rings is 1. The lowest BCUT2D eigenvalue weighted by molar-refractivity contribution is -0.155. The van der Waals surface area contributed by atoms with E-state index in [1.807, 2.05) is 23.6 Å². The number of hydrogen-bond acceptors (Lipinski definition) is 3. The quantitative estimate of drug-likeness (QED) is 0.771. The predicted octanol–water partition coefficient (Wildman–Crippen LogP) is 2.31. The van der Waals surface area contributed by atoms with Gasteiger partial charge in [-0.1, -0.05) is 11.6 Å². The Hall–Kier alpha value is -2.31. The Labute approximate surface area is 144 Å². The van der Waals surface area contributed by atoms with Gasteiger partial charge in [-0.05, 0) is 51.1 Å². The van der Waals surface area contributed by atoms with E-state index < -0.39 is 17.5 Å². The van der Waals surface area contributed by atoms with Gasteiger partial charge in [0, 0.05) is 22.1 Å². The van der Waals surface area contributed by atoms with E-state index >= 15 is 0 Å². The molecule has 24 heavy (non-hydrogen) atoms. The number of rotatable bonds is 5. The zero-order valence-corrected chi connectivity index (χ0v) is 14.4. The monoisotopic (exact) mass is 350 g/mol. The predicted molar refractivity (Wildman–Crippen MR) is 90.8 cm³/mol. The summed E-state index contributed by atoms with van der Waals surface area (Å²) in [7, 11) is 0. The SMILES string of the molecule is Cc1cc(C(=O)NCC(C)(O)C(=O)O)c(C)n1-c1ccc(Cl)cc1. The molecule has 0 radical (unpaired) electrons.